The van der Waals surface area contributed by atoms with E-state index in [4.69, 9.17) is 4.74 Å². The van der Waals surface area contributed by atoms with Gasteiger partial charge in [0, 0.05) is 12.2 Å². The molecule has 3 aromatic carbocycles. The number of anilines is 1. The van der Waals surface area contributed by atoms with E-state index in [1.807, 2.05) is 91.9 Å². The number of hydrogen-bond donors (Lipinski definition) is 2. The van der Waals surface area contributed by atoms with Crippen LogP contribution >= 0.6 is 0 Å². The first-order valence-electron chi connectivity index (χ1n) is 9.06. The standard InChI is InChI=1S/C23H24N2O2/c1-18(23(26)24-16-19-8-4-2-5-9-19)25-21-12-14-22(15-13-21)27-17-20-10-6-3-7-11-20/h2-15,18,25H,16-17H2,1H3,(H,24,26). The van der Waals surface area contributed by atoms with Crippen LogP contribution in [0, 0.1) is 0 Å². The van der Waals surface area contributed by atoms with Gasteiger partial charge in [-0.2, -0.15) is 0 Å². The highest BCUT2D eigenvalue weighted by atomic mass is 16.5. The van der Waals surface area contributed by atoms with Crippen molar-refractivity contribution < 1.29 is 9.53 Å². The Balaban J connectivity index is 1.46. The van der Waals surface area contributed by atoms with E-state index in [1.54, 1.807) is 0 Å². The molecule has 4 nitrogen and oxygen atoms in total. The van der Waals surface area contributed by atoms with Gasteiger partial charge in [-0.05, 0) is 42.3 Å². The van der Waals surface area contributed by atoms with Crippen LogP contribution in [-0.2, 0) is 17.9 Å². The number of benzene rings is 3. The average Bonchev–Trinajstić information content (AvgIpc) is 2.73. The molecule has 1 amide bonds. The van der Waals surface area contributed by atoms with E-state index < -0.39 is 0 Å². The lowest BCUT2D eigenvalue weighted by Crippen LogP contribution is -2.37. The maximum Gasteiger partial charge on any atom is 0.242 e. The molecule has 0 saturated heterocycles. The summed E-state index contributed by atoms with van der Waals surface area (Å²) in [5, 5.41) is 6.15. The van der Waals surface area contributed by atoms with Crippen LogP contribution in [0.25, 0.3) is 0 Å². The largest absolute Gasteiger partial charge is 0.489 e. The second-order valence-electron chi connectivity index (χ2n) is 6.37. The molecule has 1 atom stereocenters. The highest BCUT2D eigenvalue weighted by Gasteiger charge is 2.12. The van der Waals surface area contributed by atoms with Crippen LogP contribution in [0.15, 0.2) is 84.9 Å². The van der Waals surface area contributed by atoms with Gasteiger partial charge in [0.1, 0.15) is 18.4 Å². The summed E-state index contributed by atoms with van der Waals surface area (Å²) < 4.78 is 5.78. The highest BCUT2D eigenvalue weighted by molar-refractivity contribution is 5.84. The van der Waals surface area contributed by atoms with Gasteiger partial charge in [-0.15, -0.1) is 0 Å². The van der Waals surface area contributed by atoms with E-state index in [-0.39, 0.29) is 11.9 Å². The van der Waals surface area contributed by atoms with Crippen LogP contribution in [-0.4, -0.2) is 11.9 Å². The third kappa shape index (κ3) is 5.89. The Kier molecular flexibility index (Phi) is 6.47. The van der Waals surface area contributed by atoms with Crippen molar-refractivity contribution in [1.82, 2.24) is 5.32 Å². The van der Waals surface area contributed by atoms with E-state index in [0.717, 1.165) is 22.6 Å². The fraction of sp³-hybridized carbons (Fsp3) is 0.174. The summed E-state index contributed by atoms with van der Waals surface area (Å²) >= 11 is 0. The fourth-order valence-electron chi connectivity index (χ4n) is 2.64. The van der Waals surface area contributed by atoms with Crippen molar-refractivity contribution in [3.8, 4) is 5.75 Å². The molecule has 0 spiro atoms. The number of rotatable bonds is 8. The summed E-state index contributed by atoms with van der Waals surface area (Å²) in [5.74, 6) is 0.758. The molecular formula is C23H24N2O2. The van der Waals surface area contributed by atoms with Gasteiger partial charge in [-0.3, -0.25) is 4.79 Å². The van der Waals surface area contributed by atoms with Gasteiger partial charge in [0.05, 0.1) is 0 Å². The van der Waals surface area contributed by atoms with Gasteiger partial charge < -0.3 is 15.4 Å². The second kappa shape index (κ2) is 9.43. The Morgan fingerprint density at radius 3 is 2.07 bits per heavy atom. The zero-order valence-electron chi connectivity index (χ0n) is 15.4. The summed E-state index contributed by atoms with van der Waals surface area (Å²) in [5.41, 5.74) is 3.09. The molecular weight excluding hydrogens is 336 g/mol. The van der Waals surface area contributed by atoms with Crippen LogP contribution in [0.4, 0.5) is 5.69 Å². The zero-order chi connectivity index (χ0) is 18.9. The Morgan fingerprint density at radius 1 is 0.852 bits per heavy atom. The Morgan fingerprint density at radius 2 is 1.44 bits per heavy atom. The summed E-state index contributed by atoms with van der Waals surface area (Å²) in [7, 11) is 0. The minimum absolute atomic E-state index is 0.0387. The van der Waals surface area contributed by atoms with Crippen molar-refractivity contribution in [1.29, 1.82) is 0 Å². The monoisotopic (exact) mass is 360 g/mol. The predicted molar refractivity (Wildman–Crippen MR) is 109 cm³/mol. The molecule has 0 aromatic heterocycles. The lowest BCUT2D eigenvalue weighted by atomic mass is 10.2. The SMILES string of the molecule is CC(Nc1ccc(OCc2ccccc2)cc1)C(=O)NCc1ccccc1. The third-order valence-corrected chi connectivity index (χ3v) is 4.19. The number of carbonyl (C=O) groups excluding carboxylic acids is 1. The van der Waals surface area contributed by atoms with E-state index in [0.29, 0.717) is 13.2 Å². The lowest BCUT2D eigenvalue weighted by molar-refractivity contribution is -0.121. The average molecular weight is 360 g/mol. The number of nitrogens with one attached hydrogen (secondary N) is 2. The minimum Gasteiger partial charge on any atom is -0.489 e. The van der Waals surface area contributed by atoms with Crippen molar-refractivity contribution in [2.45, 2.75) is 26.1 Å². The maximum absolute atomic E-state index is 12.2. The molecule has 0 heterocycles. The Hall–Kier alpha value is -3.27. The van der Waals surface area contributed by atoms with E-state index in [9.17, 15) is 4.79 Å². The number of ether oxygens (including phenoxy) is 1. The van der Waals surface area contributed by atoms with Gasteiger partial charge in [0.25, 0.3) is 0 Å². The van der Waals surface area contributed by atoms with Crippen LogP contribution in [0.5, 0.6) is 5.75 Å². The topological polar surface area (TPSA) is 50.4 Å². The third-order valence-electron chi connectivity index (χ3n) is 4.19. The lowest BCUT2D eigenvalue weighted by Gasteiger charge is -2.16. The molecule has 0 aliphatic rings. The minimum atomic E-state index is -0.329. The fourth-order valence-corrected chi connectivity index (χ4v) is 2.64. The van der Waals surface area contributed by atoms with Gasteiger partial charge >= 0.3 is 0 Å². The van der Waals surface area contributed by atoms with Gasteiger partial charge in [-0.1, -0.05) is 60.7 Å². The van der Waals surface area contributed by atoms with Crippen molar-refractivity contribution in [2.24, 2.45) is 0 Å². The van der Waals surface area contributed by atoms with E-state index >= 15 is 0 Å². The second-order valence-corrected chi connectivity index (χ2v) is 6.37. The molecule has 2 N–H and O–H groups in total. The Labute approximate surface area is 160 Å². The van der Waals surface area contributed by atoms with Crippen LogP contribution in [0.3, 0.4) is 0 Å². The van der Waals surface area contributed by atoms with Crippen molar-refractivity contribution in [3.63, 3.8) is 0 Å². The summed E-state index contributed by atoms with van der Waals surface area (Å²) in [4.78, 5) is 12.2. The molecule has 0 aliphatic carbocycles. The molecule has 0 radical (unpaired) electrons. The van der Waals surface area contributed by atoms with E-state index in [2.05, 4.69) is 10.6 Å². The number of hydrogen-bond acceptors (Lipinski definition) is 3. The quantitative estimate of drug-likeness (QED) is 0.627. The molecule has 1 unspecified atom stereocenters. The normalized spacial score (nSPS) is 11.4. The van der Waals surface area contributed by atoms with Crippen molar-refractivity contribution in [3.05, 3.63) is 96.1 Å². The van der Waals surface area contributed by atoms with Crippen LogP contribution in [0.1, 0.15) is 18.1 Å². The van der Waals surface area contributed by atoms with Crippen LogP contribution < -0.4 is 15.4 Å². The van der Waals surface area contributed by atoms with Crippen LogP contribution in [0.2, 0.25) is 0 Å². The van der Waals surface area contributed by atoms with Crippen molar-refractivity contribution >= 4 is 11.6 Å². The highest BCUT2D eigenvalue weighted by Crippen LogP contribution is 2.17. The number of carbonyl (C=O) groups is 1. The zero-order valence-corrected chi connectivity index (χ0v) is 15.4. The molecule has 0 aliphatic heterocycles. The molecule has 3 rings (SSSR count). The van der Waals surface area contributed by atoms with Gasteiger partial charge in [-0.25, -0.2) is 0 Å². The predicted octanol–water partition coefficient (Wildman–Crippen LogP) is 4.38. The van der Waals surface area contributed by atoms with Crippen molar-refractivity contribution in [2.75, 3.05) is 5.32 Å². The molecule has 27 heavy (non-hydrogen) atoms. The first-order chi connectivity index (χ1) is 13.2. The maximum atomic E-state index is 12.2. The summed E-state index contributed by atoms with van der Waals surface area (Å²) in [6, 6.07) is 27.2. The Bertz CT molecular complexity index is 833. The summed E-state index contributed by atoms with van der Waals surface area (Å²) in [6.07, 6.45) is 0. The molecule has 138 valence electrons. The summed E-state index contributed by atoms with van der Waals surface area (Å²) in [6.45, 7) is 2.91. The smallest absolute Gasteiger partial charge is 0.242 e. The number of amides is 1. The van der Waals surface area contributed by atoms with Gasteiger partial charge in [0.2, 0.25) is 5.91 Å². The molecule has 4 heteroatoms. The molecule has 0 saturated carbocycles. The van der Waals surface area contributed by atoms with E-state index in [1.165, 1.54) is 0 Å². The molecule has 0 bridgehead atoms. The first-order valence-corrected chi connectivity index (χ1v) is 9.06. The molecule has 0 fully saturated rings. The molecule has 3 aromatic rings. The van der Waals surface area contributed by atoms with Gasteiger partial charge in [0.15, 0.2) is 0 Å². The first kappa shape index (κ1) is 18.5.